The lowest BCUT2D eigenvalue weighted by molar-refractivity contribution is -0.159. The van der Waals surface area contributed by atoms with E-state index < -0.39 is 0 Å². The molecule has 1 fully saturated rings. The SMILES string of the molecule is CCC1(C(=O)N2CCc3ccccc32)COC1. The Kier molecular flexibility index (Phi) is 2.44. The van der Waals surface area contributed by atoms with Gasteiger partial charge in [0.15, 0.2) is 0 Å². The molecule has 90 valence electrons. The summed E-state index contributed by atoms with van der Waals surface area (Å²) in [5.74, 6) is 0.246. The molecule has 0 aromatic heterocycles. The van der Waals surface area contributed by atoms with Gasteiger partial charge < -0.3 is 9.64 Å². The average Bonchev–Trinajstić information content (AvgIpc) is 2.71. The highest BCUT2D eigenvalue weighted by Crippen LogP contribution is 2.37. The van der Waals surface area contributed by atoms with Crippen LogP contribution in [0.15, 0.2) is 24.3 Å². The maximum Gasteiger partial charge on any atom is 0.237 e. The first-order chi connectivity index (χ1) is 8.27. The molecule has 0 aliphatic carbocycles. The molecule has 0 spiro atoms. The third-order valence-corrected chi connectivity index (χ3v) is 4.02. The minimum atomic E-state index is -0.253. The van der Waals surface area contributed by atoms with E-state index >= 15 is 0 Å². The van der Waals surface area contributed by atoms with Crippen molar-refractivity contribution in [3.63, 3.8) is 0 Å². The standard InChI is InChI=1S/C14H17NO2/c1-2-14(9-17-10-14)13(16)15-8-7-11-5-3-4-6-12(11)15/h3-6H,2,7-10H2,1H3. The summed E-state index contributed by atoms with van der Waals surface area (Å²) < 4.78 is 5.25. The van der Waals surface area contributed by atoms with Crippen molar-refractivity contribution < 1.29 is 9.53 Å². The topological polar surface area (TPSA) is 29.5 Å². The predicted molar refractivity (Wildman–Crippen MR) is 66.0 cm³/mol. The summed E-state index contributed by atoms with van der Waals surface area (Å²) in [6.07, 6.45) is 1.84. The van der Waals surface area contributed by atoms with Crippen molar-refractivity contribution >= 4 is 11.6 Å². The first-order valence-corrected chi connectivity index (χ1v) is 6.24. The van der Waals surface area contributed by atoms with Gasteiger partial charge in [0.25, 0.3) is 0 Å². The number of carbonyl (C=O) groups is 1. The number of rotatable bonds is 2. The number of nitrogens with zero attached hydrogens (tertiary/aromatic N) is 1. The largest absolute Gasteiger partial charge is 0.379 e. The van der Waals surface area contributed by atoms with Crippen LogP contribution < -0.4 is 4.90 Å². The van der Waals surface area contributed by atoms with Gasteiger partial charge in [-0.15, -0.1) is 0 Å². The molecule has 0 unspecified atom stereocenters. The lowest BCUT2D eigenvalue weighted by atomic mass is 9.81. The van der Waals surface area contributed by atoms with E-state index in [2.05, 4.69) is 13.0 Å². The number of anilines is 1. The Labute approximate surface area is 101 Å². The summed E-state index contributed by atoms with van der Waals surface area (Å²) >= 11 is 0. The van der Waals surface area contributed by atoms with Crippen LogP contribution in [0.4, 0.5) is 5.69 Å². The van der Waals surface area contributed by atoms with E-state index in [-0.39, 0.29) is 11.3 Å². The number of hydrogen-bond acceptors (Lipinski definition) is 2. The summed E-state index contributed by atoms with van der Waals surface area (Å²) in [6.45, 7) is 4.06. The summed E-state index contributed by atoms with van der Waals surface area (Å²) in [5.41, 5.74) is 2.13. The Morgan fingerprint density at radius 1 is 1.41 bits per heavy atom. The summed E-state index contributed by atoms with van der Waals surface area (Å²) in [7, 11) is 0. The van der Waals surface area contributed by atoms with Gasteiger partial charge in [-0.2, -0.15) is 0 Å². The highest BCUT2D eigenvalue weighted by molar-refractivity contribution is 6.00. The van der Waals surface area contributed by atoms with Gasteiger partial charge >= 0.3 is 0 Å². The Hall–Kier alpha value is -1.35. The normalized spacial score (nSPS) is 20.9. The van der Waals surface area contributed by atoms with Gasteiger partial charge in [0.05, 0.1) is 18.6 Å². The van der Waals surface area contributed by atoms with E-state index in [1.165, 1.54) is 5.56 Å². The number of carbonyl (C=O) groups excluding carboxylic acids is 1. The molecule has 3 rings (SSSR count). The first-order valence-electron chi connectivity index (χ1n) is 6.24. The van der Waals surface area contributed by atoms with Gasteiger partial charge in [0.2, 0.25) is 5.91 Å². The lowest BCUT2D eigenvalue weighted by Gasteiger charge is -2.41. The minimum absolute atomic E-state index is 0.246. The Morgan fingerprint density at radius 3 is 2.82 bits per heavy atom. The lowest BCUT2D eigenvalue weighted by Crippen LogP contribution is -2.54. The molecule has 0 bridgehead atoms. The zero-order valence-corrected chi connectivity index (χ0v) is 10.1. The van der Waals surface area contributed by atoms with Crippen molar-refractivity contribution in [2.75, 3.05) is 24.7 Å². The van der Waals surface area contributed by atoms with Gasteiger partial charge in [-0.05, 0) is 24.5 Å². The number of benzene rings is 1. The molecule has 1 aromatic carbocycles. The van der Waals surface area contributed by atoms with E-state index in [1.54, 1.807) is 0 Å². The van der Waals surface area contributed by atoms with E-state index in [4.69, 9.17) is 4.74 Å². The van der Waals surface area contributed by atoms with Crippen LogP contribution in [0.25, 0.3) is 0 Å². The fourth-order valence-electron chi connectivity index (χ4n) is 2.66. The molecule has 0 radical (unpaired) electrons. The Balaban J connectivity index is 1.89. The zero-order valence-electron chi connectivity index (χ0n) is 10.1. The Bertz CT molecular complexity index is 446. The van der Waals surface area contributed by atoms with Crippen LogP contribution in [0, 0.1) is 5.41 Å². The van der Waals surface area contributed by atoms with E-state index in [9.17, 15) is 4.79 Å². The fourth-order valence-corrected chi connectivity index (χ4v) is 2.66. The molecule has 3 heteroatoms. The zero-order chi connectivity index (χ0) is 11.9. The van der Waals surface area contributed by atoms with E-state index in [0.29, 0.717) is 13.2 Å². The molecule has 3 nitrogen and oxygen atoms in total. The van der Waals surface area contributed by atoms with Crippen LogP contribution in [0.1, 0.15) is 18.9 Å². The van der Waals surface area contributed by atoms with Crippen molar-refractivity contribution in [2.24, 2.45) is 5.41 Å². The third-order valence-electron chi connectivity index (χ3n) is 4.02. The molecule has 0 saturated carbocycles. The van der Waals surface area contributed by atoms with Gasteiger partial charge in [0, 0.05) is 12.2 Å². The van der Waals surface area contributed by atoms with Gasteiger partial charge in [-0.3, -0.25) is 4.79 Å². The van der Waals surface area contributed by atoms with Crippen LogP contribution in [0.3, 0.4) is 0 Å². The Morgan fingerprint density at radius 2 is 2.18 bits per heavy atom. The fraction of sp³-hybridized carbons (Fsp3) is 0.500. The quantitative estimate of drug-likeness (QED) is 0.779. The molecular formula is C14H17NO2. The van der Waals surface area contributed by atoms with Crippen molar-refractivity contribution in [2.45, 2.75) is 19.8 Å². The van der Waals surface area contributed by atoms with Gasteiger partial charge in [0.1, 0.15) is 0 Å². The van der Waals surface area contributed by atoms with Gasteiger partial charge in [-0.1, -0.05) is 25.1 Å². The number of hydrogen-bond donors (Lipinski definition) is 0. The van der Waals surface area contributed by atoms with Crippen LogP contribution in [0.2, 0.25) is 0 Å². The maximum absolute atomic E-state index is 12.6. The van der Waals surface area contributed by atoms with E-state index in [1.807, 2.05) is 23.1 Å². The molecule has 2 aliphatic rings. The van der Waals surface area contributed by atoms with Gasteiger partial charge in [-0.25, -0.2) is 0 Å². The highest BCUT2D eigenvalue weighted by Gasteiger charge is 2.47. The molecule has 17 heavy (non-hydrogen) atoms. The number of para-hydroxylation sites is 1. The highest BCUT2D eigenvalue weighted by atomic mass is 16.5. The molecule has 1 aromatic rings. The van der Waals surface area contributed by atoms with Crippen LogP contribution in [-0.2, 0) is 16.0 Å². The van der Waals surface area contributed by atoms with Crippen molar-refractivity contribution in [1.82, 2.24) is 0 Å². The maximum atomic E-state index is 12.6. The summed E-state index contributed by atoms with van der Waals surface area (Å²) in [4.78, 5) is 14.5. The molecule has 2 heterocycles. The minimum Gasteiger partial charge on any atom is -0.379 e. The molecule has 2 aliphatic heterocycles. The number of amides is 1. The smallest absolute Gasteiger partial charge is 0.237 e. The molecular weight excluding hydrogens is 214 g/mol. The summed E-state index contributed by atoms with van der Waals surface area (Å²) in [5, 5.41) is 0. The molecule has 1 amide bonds. The second-order valence-corrected chi connectivity index (χ2v) is 4.96. The number of fused-ring (bicyclic) bond motifs is 1. The summed E-state index contributed by atoms with van der Waals surface area (Å²) in [6, 6.07) is 8.19. The number of ether oxygens (including phenoxy) is 1. The van der Waals surface area contributed by atoms with Crippen molar-refractivity contribution in [1.29, 1.82) is 0 Å². The molecule has 0 atom stereocenters. The van der Waals surface area contributed by atoms with Crippen molar-refractivity contribution in [3.05, 3.63) is 29.8 Å². The van der Waals surface area contributed by atoms with Crippen LogP contribution in [-0.4, -0.2) is 25.7 Å². The predicted octanol–water partition coefficient (Wildman–Crippen LogP) is 2.00. The van der Waals surface area contributed by atoms with Crippen LogP contribution in [0.5, 0.6) is 0 Å². The molecule has 0 N–H and O–H groups in total. The monoisotopic (exact) mass is 231 g/mol. The second kappa shape index (κ2) is 3.84. The van der Waals surface area contributed by atoms with E-state index in [0.717, 1.165) is 25.1 Å². The molecule has 1 saturated heterocycles. The van der Waals surface area contributed by atoms with Crippen molar-refractivity contribution in [3.8, 4) is 0 Å². The first kappa shape index (κ1) is 10.8. The third kappa shape index (κ3) is 1.49. The van der Waals surface area contributed by atoms with Crippen LogP contribution >= 0.6 is 0 Å². The average molecular weight is 231 g/mol. The second-order valence-electron chi connectivity index (χ2n) is 4.96.